The summed E-state index contributed by atoms with van der Waals surface area (Å²) in [5.41, 5.74) is 7.68. The van der Waals surface area contributed by atoms with Crippen LogP contribution in [0.15, 0.2) is 35.3 Å². The molecular formula is C17H25N3. The van der Waals surface area contributed by atoms with Gasteiger partial charge in [-0.3, -0.25) is 4.99 Å². The second-order valence-electron chi connectivity index (χ2n) is 6.64. The number of hydrogen-bond acceptors (Lipinski definition) is 3. The number of hydrogen-bond donors (Lipinski definition) is 1. The molecule has 2 N–H and O–H groups in total. The molecule has 108 valence electrons. The standard InChI is InChI=1S/C17H25N3/c1-13-8-9-14(2)17(10-13)12-19-16(18)20(17)11-15-6-4-3-5-7-15/h3-7,13-14H,8-12H2,1-2H3,(H2,18,19). The number of aliphatic imine (C=N–C) groups is 1. The first-order chi connectivity index (χ1) is 9.62. The summed E-state index contributed by atoms with van der Waals surface area (Å²) < 4.78 is 0. The second kappa shape index (κ2) is 5.12. The van der Waals surface area contributed by atoms with Crippen LogP contribution in [-0.4, -0.2) is 22.9 Å². The van der Waals surface area contributed by atoms with Crippen molar-refractivity contribution in [1.29, 1.82) is 0 Å². The van der Waals surface area contributed by atoms with E-state index in [-0.39, 0.29) is 5.54 Å². The van der Waals surface area contributed by atoms with Crippen LogP contribution >= 0.6 is 0 Å². The molecule has 1 aliphatic carbocycles. The van der Waals surface area contributed by atoms with Crippen molar-refractivity contribution in [2.45, 2.75) is 45.2 Å². The van der Waals surface area contributed by atoms with Crippen molar-refractivity contribution in [3.05, 3.63) is 35.9 Å². The first-order valence-corrected chi connectivity index (χ1v) is 7.73. The Labute approximate surface area is 121 Å². The fourth-order valence-electron chi connectivity index (χ4n) is 3.93. The molecule has 0 amide bonds. The van der Waals surface area contributed by atoms with Gasteiger partial charge in [0.1, 0.15) is 0 Å². The Morgan fingerprint density at radius 3 is 2.75 bits per heavy atom. The van der Waals surface area contributed by atoms with Crippen LogP contribution in [0.4, 0.5) is 0 Å². The minimum Gasteiger partial charge on any atom is -0.370 e. The smallest absolute Gasteiger partial charge is 0.192 e. The molecule has 0 saturated heterocycles. The fraction of sp³-hybridized carbons (Fsp3) is 0.588. The van der Waals surface area contributed by atoms with Crippen molar-refractivity contribution in [2.24, 2.45) is 22.6 Å². The van der Waals surface area contributed by atoms with E-state index in [4.69, 9.17) is 5.73 Å². The molecule has 1 aliphatic heterocycles. The van der Waals surface area contributed by atoms with Gasteiger partial charge in [0.15, 0.2) is 5.96 Å². The number of benzene rings is 1. The van der Waals surface area contributed by atoms with Gasteiger partial charge in [0.2, 0.25) is 0 Å². The van der Waals surface area contributed by atoms with Gasteiger partial charge in [0.05, 0.1) is 12.1 Å². The van der Waals surface area contributed by atoms with Crippen LogP contribution < -0.4 is 5.73 Å². The van der Waals surface area contributed by atoms with Gasteiger partial charge >= 0.3 is 0 Å². The lowest BCUT2D eigenvalue weighted by Crippen LogP contribution is -2.57. The van der Waals surface area contributed by atoms with E-state index >= 15 is 0 Å². The molecule has 1 aromatic carbocycles. The van der Waals surface area contributed by atoms with Gasteiger partial charge in [-0.15, -0.1) is 0 Å². The molecule has 3 rings (SSSR count). The summed E-state index contributed by atoms with van der Waals surface area (Å²) in [6.07, 6.45) is 3.84. The van der Waals surface area contributed by atoms with Crippen LogP contribution in [0.1, 0.15) is 38.7 Å². The minimum atomic E-state index is 0.150. The highest BCUT2D eigenvalue weighted by Crippen LogP contribution is 2.44. The molecule has 1 heterocycles. The average molecular weight is 271 g/mol. The lowest BCUT2D eigenvalue weighted by atomic mass is 9.69. The first kappa shape index (κ1) is 13.5. The SMILES string of the molecule is CC1CCC(C)C2(CN=C(N)N2Cc2ccccc2)C1. The van der Waals surface area contributed by atoms with Crippen LogP contribution in [-0.2, 0) is 6.54 Å². The summed E-state index contributed by atoms with van der Waals surface area (Å²) >= 11 is 0. The number of nitrogens with zero attached hydrogens (tertiary/aromatic N) is 2. The average Bonchev–Trinajstić information content (AvgIpc) is 2.75. The highest BCUT2D eigenvalue weighted by atomic mass is 15.4. The molecule has 1 fully saturated rings. The van der Waals surface area contributed by atoms with Crippen molar-refractivity contribution < 1.29 is 0 Å². The Hall–Kier alpha value is -1.51. The lowest BCUT2D eigenvalue weighted by molar-refractivity contribution is 0.0537. The molecule has 1 aromatic rings. The summed E-state index contributed by atoms with van der Waals surface area (Å²) in [5.74, 6) is 2.16. The van der Waals surface area contributed by atoms with E-state index in [1.165, 1.54) is 24.8 Å². The van der Waals surface area contributed by atoms with E-state index in [2.05, 4.69) is 54.1 Å². The van der Waals surface area contributed by atoms with E-state index in [1.807, 2.05) is 0 Å². The zero-order valence-corrected chi connectivity index (χ0v) is 12.5. The number of guanidine groups is 1. The molecule has 0 aromatic heterocycles. The van der Waals surface area contributed by atoms with Crippen LogP contribution in [0.25, 0.3) is 0 Å². The third kappa shape index (κ3) is 2.19. The van der Waals surface area contributed by atoms with Gasteiger partial charge in [0, 0.05) is 6.54 Å². The maximum Gasteiger partial charge on any atom is 0.192 e. The molecule has 2 aliphatic rings. The van der Waals surface area contributed by atoms with E-state index in [0.29, 0.717) is 5.92 Å². The van der Waals surface area contributed by atoms with Crippen molar-refractivity contribution in [2.75, 3.05) is 6.54 Å². The first-order valence-electron chi connectivity index (χ1n) is 7.73. The lowest BCUT2D eigenvalue weighted by Gasteiger charge is -2.48. The number of nitrogens with two attached hydrogens (primary N) is 1. The number of rotatable bonds is 2. The van der Waals surface area contributed by atoms with E-state index in [9.17, 15) is 0 Å². The molecule has 3 unspecified atom stereocenters. The van der Waals surface area contributed by atoms with Gasteiger partial charge in [-0.1, -0.05) is 50.6 Å². The third-order valence-electron chi connectivity index (χ3n) is 5.22. The molecule has 3 nitrogen and oxygen atoms in total. The third-order valence-corrected chi connectivity index (χ3v) is 5.22. The quantitative estimate of drug-likeness (QED) is 0.898. The molecule has 1 spiro atoms. The van der Waals surface area contributed by atoms with Gasteiger partial charge in [-0.05, 0) is 30.2 Å². The summed E-state index contributed by atoms with van der Waals surface area (Å²) in [6, 6.07) is 10.6. The Morgan fingerprint density at radius 2 is 2.00 bits per heavy atom. The maximum atomic E-state index is 6.22. The van der Waals surface area contributed by atoms with E-state index in [0.717, 1.165) is 25.0 Å². The van der Waals surface area contributed by atoms with Crippen molar-refractivity contribution in [3.63, 3.8) is 0 Å². The van der Waals surface area contributed by atoms with Crippen molar-refractivity contribution in [1.82, 2.24) is 4.90 Å². The molecule has 0 bridgehead atoms. The van der Waals surface area contributed by atoms with Gasteiger partial charge in [0.25, 0.3) is 0 Å². The van der Waals surface area contributed by atoms with Crippen molar-refractivity contribution in [3.8, 4) is 0 Å². The predicted molar refractivity (Wildman–Crippen MR) is 83.4 cm³/mol. The zero-order chi connectivity index (χ0) is 14.2. The highest BCUT2D eigenvalue weighted by Gasteiger charge is 2.48. The minimum absolute atomic E-state index is 0.150. The van der Waals surface area contributed by atoms with Gasteiger partial charge < -0.3 is 10.6 Å². The molecule has 20 heavy (non-hydrogen) atoms. The van der Waals surface area contributed by atoms with Gasteiger partial charge in [-0.2, -0.15) is 0 Å². The Balaban J connectivity index is 1.87. The summed E-state index contributed by atoms with van der Waals surface area (Å²) in [7, 11) is 0. The zero-order valence-electron chi connectivity index (χ0n) is 12.5. The van der Waals surface area contributed by atoms with E-state index < -0.39 is 0 Å². The summed E-state index contributed by atoms with van der Waals surface area (Å²) in [4.78, 5) is 6.97. The van der Waals surface area contributed by atoms with Crippen LogP contribution in [0.5, 0.6) is 0 Å². The van der Waals surface area contributed by atoms with Crippen molar-refractivity contribution >= 4 is 5.96 Å². The molecule has 1 saturated carbocycles. The molecule has 3 heteroatoms. The Kier molecular flexibility index (Phi) is 3.45. The molecule has 0 radical (unpaired) electrons. The summed E-state index contributed by atoms with van der Waals surface area (Å²) in [5, 5.41) is 0. The topological polar surface area (TPSA) is 41.6 Å². The maximum absolute atomic E-state index is 6.22. The monoisotopic (exact) mass is 271 g/mol. The van der Waals surface area contributed by atoms with Crippen LogP contribution in [0.2, 0.25) is 0 Å². The van der Waals surface area contributed by atoms with Crippen LogP contribution in [0, 0.1) is 11.8 Å². The fourth-order valence-corrected chi connectivity index (χ4v) is 3.93. The van der Waals surface area contributed by atoms with E-state index in [1.54, 1.807) is 0 Å². The predicted octanol–water partition coefficient (Wildman–Crippen LogP) is 3.01. The van der Waals surface area contributed by atoms with Gasteiger partial charge in [-0.25, -0.2) is 0 Å². The normalized spacial score (nSPS) is 33.5. The Morgan fingerprint density at radius 1 is 1.25 bits per heavy atom. The molecule has 3 atom stereocenters. The Bertz CT molecular complexity index is 496. The van der Waals surface area contributed by atoms with Crippen LogP contribution in [0.3, 0.4) is 0 Å². The largest absolute Gasteiger partial charge is 0.370 e. The summed E-state index contributed by atoms with van der Waals surface area (Å²) in [6.45, 7) is 6.49. The second-order valence-corrected chi connectivity index (χ2v) is 6.64. The highest BCUT2D eigenvalue weighted by molar-refractivity contribution is 5.81. The molecular weight excluding hydrogens is 246 g/mol.